The topological polar surface area (TPSA) is 57.2 Å². The maximum Gasteiger partial charge on any atom is 0.262 e. The molecule has 3 atom stereocenters. The van der Waals surface area contributed by atoms with Gasteiger partial charge < -0.3 is 14.5 Å². The normalized spacial score (nSPS) is 25.8. The van der Waals surface area contributed by atoms with Crippen molar-refractivity contribution < 1.29 is 13.9 Å². The molecule has 1 fully saturated rings. The van der Waals surface area contributed by atoms with Gasteiger partial charge in [0.05, 0.1) is 5.69 Å². The number of halogens is 1. The van der Waals surface area contributed by atoms with E-state index in [1.807, 2.05) is 30.0 Å². The first-order valence-corrected chi connectivity index (χ1v) is 10.8. The molecule has 0 aromatic heterocycles. The molecule has 3 aliphatic heterocycles. The van der Waals surface area contributed by atoms with Crippen molar-refractivity contribution >= 4 is 17.4 Å². The van der Waals surface area contributed by atoms with E-state index < -0.39 is 6.04 Å². The SMILES string of the molecule is CC1CN(C)CCC1c1cc2c(cc1-c1ccccc1F)OCC1=NNC(=O)C(C)N12. The summed E-state index contributed by atoms with van der Waals surface area (Å²) in [6, 6.07) is 10.6. The van der Waals surface area contributed by atoms with Crippen LogP contribution in [0.3, 0.4) is 0 Å². The smallest absolute Gasteiger partial charge is 0.262 e. The van der Waals surface area contributed by atoms with Crippen molar-refractivity contribution in [2.75, 3.05) is 31.6 Å². The highest BCUT2D eigenvalue weighted by Gasteiger charge is 2.37. The predicted molar refractivity (Wildman–Crippen MR) is 119 cm³/mol. The van der Waals surface area contributed by atoms with Crippen molar-refractivity contribution in [1.29, 1.82) is 0 Å². The average Bonchev–Trinajstić information content (AvgIpc) is 2.75. The Labute approximate surface area is 181 Å². The fraction of sp³-hybridized carbons (Fsp3) is 0.417. The van der Waals surface area contributed by atoms with Crippen LogP contribution in [0.15, 0.2) is 41.5 Å². The van der Waals surface area contributed by atoms with Crippen LogP contribution in [-0.4, -0.2) is 49.4 Å². The third kappa shape index (κ3) is 3.37. The fourth-order valence-corrected chi connectivity index (χ4v) is 5.12. The average molecular weight is 423 g/mol. The summed E-state index contributed by atoms with van der Waals surface area (Å²) in [5.74, 6) is 1.65. The van der Waals surface area contributed by atoms with Crippen LogP contribution in [0, 0.1) is 11.7 Å². The number of fused-ring (bicyclic) bond motifs is 3. The Morgan fingerprint density at radius 1 is 1.19 bits per heavy atom. The molecule has 3 aliphatic rings. The Kier molecular flexibility index (Phi) is 4.93. The first-order chi connectivity index (χ1) is 14.9. The predicted octanol–water partition coefficient (Wildman–Crippen LogP) is 3.58. The monoisotopic (exact) mass is 422 g/mol. The second kappa shape index (κ2) is 7.64. The number of amides is 1. The van der Waals surface area contributed by atoms with E-state index in [9.17, 15) is 9.18 Å². The van der Waals surface area contributed by atoms with Gasteiger partial charge in [-0.15, -0.1) is 0 Å². The summed E-state index contributed by atoms with van der Waals surface area (Å²) < 4.78 is 20.9. The maximum atomic E-state index is 14.9. The second-order valence-corrected chi connectivity index (χ2v) is 8.86. The quantitative estimate of drug-likeness (QED) is 0.804. The number of carbonyl (C=O) groups excluding carboxylic acids is 1. The molecular weight excluding hydrogens is 395 g/mol. The number of benzene rings is 2. The molecule has 2 aromatic carbocycles. The van der Waals surface area contributed by atoms with Crippen LogP contribution in [0.5, 0.6) is 5.75 Å². The summed E-state index contributed by atoms with van der Waals surface area (Å²) in [4.78, 5) is 16.6. The van der Waals surface area contributed by atoms with Crippen LogP contribution in [-0.2, 0) is 4.79 Å². The number of nitrogens with one attached hydrogen (secondary N) is 1. The molecule has 162 valence electrons. The number of amidine groups is 1. The van der Waals surface area contributed by atoms with E-state index in [1.165, 1.54) is 6.07 Å². The summed E-state index contributed by atoms with van der Waals surface area (Å²) in [5.41, 5.74) is 5.95. The standard InChI is InChI=1S/C24H27FN4O2/c1-14-12-28(3)9-8-16(14)18-10-21-22(11-19(18)17-6-4-5-7-20(17)25)31-13-23-26-27-24(30)15(2)29(21)23/h4-7,10-11,14-16H,8-9,12-13H2,1-3H3,(H,27,30). The number of nitrogens with zero attached hydrogens (tertiary/aromatic N) is 3. The van der Waals surface area contributed by atoms with Gasteiger partial charge in [-0.3, -0.25) is 4.79 Å². The van der Waals surface area contributed by atoms with E-state index in [0.717, 1.165) is 36.3 Å². The molecule has 6 nitrogen and oxygen atoms in total. The van der Waals surface area contributed by atoms with E-state index in [1.54, 1.807) is 6.07 Å². The van der Waals surface area contributed by atoms with E-state index in [0.29, 0.717) is 23.1 Å². The number of hydrazone groups is 1. The lowest BCUT2D eigenvalue weighted by Crippen LogP contribution is -2.55. The number of anilines is 1. The van der Waals surface area contributed by atoms with E-state index in [4.69, 9.17) is 4.74 Å². The molecule has 3 heterocycles. The molecule has 7 heteroatoms. The van der Waals surface area contributed by atoms with Gasteiger partial charge in [0.1, 0.15) is 24.2 Å². The Morgan fingerprint density at radius 3 is 2.77 bits per heavy atom. The first-order valence-electron chi connectivity index (χ1n) is 10.8. The summed E-state index contributed by atoms with van der Waals surface area (Å²) in [6.45, 7) is 6.37. The molecular formula is C24H27FN4O2. The van der Waals surface area contributed by atoms with E-state index >= 15 is 0 Å². The summed E-state index contributed by atoms with van der Waals surface area (Å²) in [7, 11) is 2.14. The third-order valence-corrected chi connectivity index (χ3v) is 6.76. The number of piperidine rings is 1. The highest BCUT2D eigenvalue weighted by Crippen LogP contribution is 2.46. The molecule has 1 N–H and O–H groups in total. The molecule has 2 aromatic rings. The Morgan fingerprint density at radius 2 is 2.00 bits per heavy atom. The van der Waals surface area contributed by atoms with Crippen LogP contribution < -0.4 is 15.1 Å². The highest BCUT2D eigenvalue weighted by molar-refractivity contribution is 6.09. The highest BCUT2D eigenvalue weighted by atomic mass is 19.1. The minimum Gasteiger partial charge on any atom is -0.483 e. The van der Waals surface area contributed by atoms with Crippen LogP contribution in [0.4, 0.5) is 10.1 Å². The van der Waals surface area contributed by atoms with Crippen molar-refractivity contribution in [3.63, 3.8) is 0 Å². The molecule has 3 unspecified atom stereocenters. The first kappa shape index (κ1) is 20.0. The molecule has 0 aliphatic carbocycles. The van der Waals surface area contributed by atoms with Gasteiger partial charge in [0.25, 0.3) is 5.91 Å². The summed E-state index contributed by atoms with van der Waals surface area (Å²) in [6.07, 6.45) is 0.996. The third-order valence-electron chi connectivity index (χ3n) is 6.76. The molecule has 1 amide bonds. The lowest BCUT2D eigenvalue weighted by molar-refractivity contribution is -0.122. The van der Waals surface area contributed by atoms with Gasteiger partial charge in [0.2, 0.25) is 0 Å². The van der Waals surface area contributed by atoms with Gasteiger partial charge in [0, 0.05) is 12.1 Å². The fourth-order valence-electron chi connectivity index (χ4n) is 5.12. The van der Waals surface area contributed by atoms with Crippen LogP contribution in [0.1, 0.15) is 31.7 Å². The van der Waals surface area contributed by atoms with Crippen LogP contribution in [0.2, 0.25) is 0 Å². The Bertz CT molecular complexity index is 1070. The zero-order valence-electron chi connectivity index (χ0n) is 18.1. The zero-order valence-corrected chi connectivity index (χ0v) is 18.1. The van der Waals surface area contributed by atoms with E-state index in [-0.39, 0.29) is 24.2 Å². The largest absolute Gasteiger partial charge is 0.483 e. The lowest BCUT2D eigenvalue weighted by Gasteiger charge is -2.40. The van der Waals surface area contributed by atoms with Gasteiger partial charge in [-0.1, -0.05) is 25.1 Å². The molecule has 1 saturated heterocycles. The molecule has 0 spiro atoms. The number of likely N-dealkylation sites (tertiary alicyclic amines) is 1. The van der Waals surface area contributed by atoms with Crippen molar-refractivity contribution in [3.8, 4) is 16.9 Å². The van der Waals surface area contributed by atoms with Crippen molar-refractivity contribution in [3.05, 3.63) is 47.8 Å². The van der Waals surface area contributed by atoms with Gasteiger partial charge in [-0.25, -0.2) is 9.82 Å². The molecule has 31 heavy (non-hydrogen) atoms. The molecule has 5 rings (SSSR count). The van der Waals surface area contributed by atoms with Gasteiger partial charge in [-0.05, 0) is 68.1 Å². The van der Waals surface area contributed by atoms with E-state index in [2.05, 4.69) is 35.5 Å². The van der Waals surface area contributed by atoms with Crippen molar-refractivity contribution in [1.82, 2.24) is 10.3 Å². The number of ether oxygens (including phenoxy) is 1. The van der Waals surface area contributed by atoms with Crippen LogP contribution >= 0.6 is 0 Å². The van der Waals surface area contributed by atoms with Gasteiger partial charge in [0.15, 0.2) is 5.84 Å². The zero-order chi connectivity index (χ0) is 21.7. The second-order valence-electron chi connectivity index (χ2n) is 8.86. The summed E-state index contributed by atoms with van der Waals surface area (Å²) >= 11 is 0. The summed E-state index contributed by atoms with van der Waals surface area (Å²) in [5, 5.41) is 4.19. The minimum atomic E-state index is -0.391. The van der Waals surface area contributed by atoms with Crippen molar-refractivity contribution in [2.45, 2.75) is 32.2 Å². The maximum absolute atomic E-state index is 14.9. The Hall–Kier alpha value is -2.93. The molecule has 0 saturated carbocycles. The van der Waals surface area contributed by atoms with Gasteiger partial charge in [-0.2, -0.15) is 5.10 Å². The Balaban J connectivity index is 1.70. The van der Waals surface area contributed by atoms with Crippen molar-refractivity contribution in [2.24, 2.45) is 11.0 Å². The number of hydrogen-bond acceptors (Lipinski definition) is 5. The molecule has 0 radical (unpaired) electrons. The van der Waals surface area contributed by atoms with Gasteiger partial charge >= 0.3 is 0 Å². The van der Waals surface area contributed by atoms with Crippen LogP contribution in [0.25, 0.3) is 11.1 Å². The number of hydrogen-bond donors (Lipinski definition) is 1. The lowest BCUT2D eigenvalue weighted by atomic mass is 9.78. The minimum absolute atomic E-state index is 0.149. The number of rotatable bonds is 2. The molecule has 0 bridgehead atoms. The number of carbonyl (C=O) groups is 1.